The van der Waals surface area contributed by atoms with Gasteiger partial charge in [-0.05, 0) is 38.4 Å². The largest absolute Gasteiger partial charge is 0.444 e. The van der Waals surface area contributed by atoms with Gasteiger partial charge in [-0.25, -0.2) is 4.98 Å². The highest BCUT2D eigenvalue weighted by molar-refractivity contribution is 5.14. The Kier molecular flexibility index (Phi) is 3.66. The van der Waals surface area contributed by atoms with Crippen LogP contribution < -0.4 is 0 Å². The highest BCUT2D eigenvalue weighted by atomic mass is 16.4. The molecule has 1 unspecified atom stereocenters. The number of rotatable bonds is 4. The predicted molar refractivity (Wildman–Crippen MR) is 78.5 cm³/mol. The molecule has 1 aliphatic heterocycles. The standard InChI is InChI=1S/C16H23N3O/c1-11(2)16-18-12(3)15(20-16)10-19-9-5-7-14(19)13-6-4-8-17-13/h4,6,8,11,14,17H,5,7,9-10H2,1-3H3. The summed E-state index contributed by atoms with van der Waals surface area (Å²) >= 11 is 0. The summed E-state index contributed by atoms with van der Waals surface area (Å²) in [6.45, 7) is 8.26. The normalized spacial score (nSPS) is 20.1. The molecule has 0 amide bonds. The van der Waals surface area contributed by atoms with Gasteiger partial charge in [0.2, 0.25) is 0 Å². The van der Waals surface area contributed by atoms with Gasteiger partial charge in [-0.15, -0.1) is 0 Å². The van der Waals surface area contributed by atoms with Crippen molar-refractivity contribution in [3.05, 3.63) is 41.4 Å². The summed E-state index contributed by atoms with van der Waals surface area (Å²) in [5, 5.41) is 0. The topological polar surface area (TPSA) is 45.1 Å². The zero-order valence-electron chi connectivity index (χ0n) is 12.5. The van der Waals surface area contributed by atoms with Crippen molar-refractivity contribution < 1.29 is 4.42 Å². The van der Waals surface area contributed by atoms with E-state index in [1.54, 1.807) is 0 Å². The molecular formula is C16H23N3O. The monoisotopic (exact) mass is 273 g/mol. The average molecular weight is 273 g/mol. The number of likely N-dealkylation sites (tertiary alicyclic amines) is 1. The number of hydrogen-bond acceptors (Lipinski definition) is 3. The van der Waals surface area contributed by atoms with E-state index < -0.39 is 0 Å². The summed E-state index contributed by atoms with van der Waals surface area (Å²) < 4.78 is 5.94. The lowest BCUT2D eigenvalue weighted by molar-refractivity contribution is 0.221. The molecule has 1 N–H and O–H groups in total. The quantitative estimate of drug-likeness (QED) is 0.922. The number of aryl methyl sites for hydroxylation is 1. The number of oxazole rings is 1. The Morgan fingerprint density at radius 2 is 2.35 bits per heavy atom. The van der Waals surface area contributed by atoms with Crippen molar-refractivity contribution in [3.8, 4) is 0 Å². The van der Waals surface area contributed by atoms with E-state index in [2.05, 4.69) is 40.8 Å². The number of nitrogens with zero attached hydrogens (tertiary/aromatic N) is 2. The minimum Gasteiger partial charge on any atom is -0.444 e. The van der Waals surface area contributed by atoms with Crippen LogP contribution in [0, 0.1) is 6.92 Å². The fourth-order valence-electron chi connectivity index (χ4n) is 2.95. The average Bonchev–Trinajstić information content (AvgIpc) is 3.11. The number of hydrogen-bond donors (Lipinski definition) is 1. The van der Waals surface area contributed by atoms with Gasteiger partial charge >= 0.3 is 0 Å². The van der Waals surface area contributed by atoms with Crippen molar-refractivity contribution in [2.75, 3.05) is 6.54 Å². The third kappa shape index (κ3) is 2.52. The minimum absolute atomic E-state index is 0.347. The summed E-state index contributed by atoms with van der Waals surface area (Å²) in [6, 6.07) is 4.73. The third-order valence-corrected chi connectivity index (χ3v) is 4.09. The van der Waals surface area contributed by atoms with Crippen molar-refractivity contribution in [2.45, 2.75) is 52.1 Å². The first-order chi connectivity index (χ1) is 9.65. The van der Waals surface area contributed by atoms with E-state index in [9.17, 15) is 0 Å². The Morgan fingerprint density at radius 1 is 1.50 bits per heavy atom. The van der Waals surface area contributed by atoms with Crippen LogP contribution in [0.25, 0.3) is 0 Å². The summed E-state index contributed by atoms with van der Waals surface area (Å²) in [4.78, 5) is 10.4. The molecule has 20 heavy (non-hydrogen) atoms. The van der Waals surface area contributed by atoms with Gasteiger partial charge in [-0.2, -0.15) is 0 Å². The first-order valence-electron chi connectivity index (χ1n) is 7.48. The number of aromatic nitrogens is 2. The molecule has 108 valence electrons. The molecule has 0 radical (unpaired) electrons. The Morgan fingerprint density at radius 3 is 3.00 bits per heavy atom. The third-order valence-electron chi connectivity index (χ3n) is 4.09. The second kappa shape index (κ2) is 5.44. The van der Waals surface area contributed by atoms with Crippen molar-refractivity contribution >= 4 is 0 Å². The Balaban J connectivity index is 1.77. The van der Waals surface area contributed by atoms with Crippen molar-refractivity contribution in [3.63, 3.8) is 0 Å². The van der Waals surface area contributed by atoms with Crippen LogP contribution in [-0.2, 0) is 6.54 Å². The van der Waals surface area contributed by atoms with E-state index in [-0.39, 0.29) is 0 Å². The maximum atomic E-state index is 5.94. The summed E-state index contributed by atoms with van der Waals surface area (Å²) in [6.07, 6.45) is 4.46. The smallest absolute Gasteiger partial charge is 0.197 e. The molecule has 1 atom stereocenters. The molecular weight excluding hydrogens is 250 g/mol. The summed E-state index contributed by atoms with van der Waals surface area (Å²) in [5.74, 6) is 2.22. The maximum absolute atomic E-state index is 5.94. The van der Waals surface area contributed by atoms with E-state index in [1.807, 2.05) is 13.1 Å². The van der Waals surface area contributed by atoms with E-state index in [1.165, 1.54) is 18.5 Å². The van der Waals surface area contributed by atoms with Crippen molar-refractivity contribution in [2.24, 2.45) is 0 Å². The van der Waals surface area contributed by atoms with Gasteiger partial charge in [-0.1, -0.05) is 13.8 Å². The molecule has 0 aliphatic carbocycles. The highest BCUT2D eigenvalue weighted by Crippen LogP contribution is 2.33. The Labute approximate surface area is 120 Å². The first kappa shape index (κ1) is 13.4. The van der Waals surface area contributed by atoms with Gasteiger partial charge in [0.15, 0.2) is 5.89 Å². The van der Waals surface area contributed by atoms with Gasteiger partial charge < -0.3 is 9.40 Å². The van der Waals surface area contributed by atoms with Gasteiger partial charge in [-0.3, -0.25) is 4.90 Å². The Bertz CT molecular complexity index is 556. The van der Waals surface area contributed by atoms with Crippen LogP contribution >= 0.6 is 0 Å². The van der Waals surface area contributed by atoms with Gasteiger partial charge in [0.25, 0.3) is 0 Å². The van der Waals surface area contributed by atoms with Crippen molar-refractivity contribution in [1.29, 1.82) is 0 Å². The lowest BCUT2D eigenvalue weighted by Crippen LogP contribution is -2.23. The zero-order chi connectivity index (χ0) is 14.1. The summed E-state index contributed by atoms with van der Waals surface area (Å²) in [7, 11) is 0. The SMILES string of the molecule is Cc1nc(C(C)C)oc1CN1CCCC1c1ccc[nH]1. The molecule has 1 saturated heterocycles. The second-order valence-corrected chi connectivity index (χ2v) is 5.97. The van der Waals surface area contributed by atoms with Crippen LogP contribution in [0.4, 0.5) is 0 Å². The Hall–Kier alpha value is -1.55. The fourth-order valence-corrected chi connectivity index (χ4v) is 2.95. The molecule has 3 heterocycles. The molecule has 2 aromatic heterocycles. The minimum atomic E-state index is 0.347. The lowest BCUT2D eigenvalue weighted by atomic mass is 10.1. The first-order valence-corrected chi connectivity index (χ1v) is 7.48. The molecule has 0 aromatic carbocycles. The second-order valence-electron chi connectivity index (χ2n) is 5.97. The molecule has 1 fully saturated rings. The molecule has 1 aliphatic rings. The van der Waals surface area contributed by atoms with Gasteiger partial charge in [0, 0.05) is 17.8 Å². The molecule has 4 nitrogen and oxygen atoms in total. The van der Waals surface area contributed by atoms with Crippen LogP contribution in [0.15, 0.2) is 22.7 Å². The predicted octanol–water partition coefficient (Wildman–Crippen LogP) is 3.77. The fraction of sp³-hybridized carbons (Fsp3) is 0.562. The number of H-pyrrole nitrogens is 1. The van der Waals surface area contributed by atoms with E-state index in [0.717, 1.165) is 30.4 Å². The van der Waals surface area contributed by atoms with Crippen LogP contribution in [0.1, 0.15) is 61.7 Å². The van der Waals surface area contributed by atoms with Crippen molar-refractivity contribution in [1.82, 2.24) is 14.9 Å². The maximum Gasteiger partial charge on any atom is 0.197 e. The molecule has 0 saturated carbocycles. The summed E-state index contributed by atoms with van der Waals surface area (Å²) in [5.41, 5.74) is 2.34. The van der Waals surface area contributed by atoms with Crippen LogP contribution in [0.3, 0.4) is 0 Å². The molecule has 2 aromatic rings. The highest BCUT2D eigenvalue weighted by Gasteiger charge is 2.28. The van der Waals surface area contributed by atoms with E-state index in [0.29, 0.717) is 12.0 Å². The molecule has 4 heteroatoms. The zero-order valence-corrected chi connectivity index (χ0v) is 12.5. The van der Waals surface area contributed by atoms with Gasteiger partial charge in [0.1, 0.15) is 5.76 Å². The van der Waals surface area contributed by atoms with E-state index in [4.69, 9.17) is 4.42 Å². The van der Waals surface area contributed by atoms with E-state index >= 15 is 0 Å². The molecule has 3 rings (SSSR count). The lowest BCUT2D eigenvalue weighted by Gasteiger charge is -2.22. The number of nitrogens with one attached hydrogen (secondary N) is 1. The molecule has 0 spiro atoms. The van der Waals surface area contributed by atoms with Crippen LogP contribution in [0.2, 0.25) is 0 Å². The van der Waals surface area contributed by atoms with Crippen LogP contribution in [-0.4, -0.2) is 21.4 Å². The van der Waals surface area contributed by atoms with Crippen LogP contribution in [0.5, 0.6) is 0 Å². The van der Waals surface area contributed by atoms with Gasteiger partial charge in [0.05, 0.1) is 18.3 Å². The number of aromatic amines is 1. The molecule has 0 bridgehead atoms.